The topological polar surface area (TPSA) is 29.9 Å². The predicted octanol–water partition coefficient (Wildman–Crippen LogP) is 4.08. The lowest BCUT2D eigenvalue weighted by Crippen LogP contribution is -2.05. The van der Waals surface area contributed by atoms with Crippen molar-refractivity contribution < 1.29 is 0 Å². The van der Waals surface area contributed by atoms with Gasteiger partial charge in [0, 0.05) is 23.6 Å². The number of halogens is 1. The summed E-state index contributed by atoms with van der Waals surface area (Å²) in [6, 6.07) is 18.3. The maximum atomic E-state index is 5.98. The third-order valence-corrected chi connectivity index (χ3v) is 4.27. The molecule has 0 radical (unpaired) electrons. The van der Waals surface area contributed by atoms with Crippen molar-refractivity contribution in [2.24, 2.45) is 0 Å². The number of anilines is 1. The molecule has 0 saturated heterocycles. The fourth-order valence-electron chi connectivity index (χ4n) is 2.95. The molecule has 2 heterocycles. The lowest BCUT2D eigenvalue weighted by Gasteiger charge is -2.06. The molecule has 0 spiro atoms. The first kappa shape index (κ1) is 13.4. The molecule has 4 heteroatoms. The molecular weight excluding hydrogens is 294 g/mol. The molecule has 4 rings (SSSR count). The van der Waals surface area contributed by atoms with Crippen molar-refractivity contribution in [1.29, 1.82) is 0 Å². The number of hydrogen-bond acceptors (Lipinski definition) is 2. The van der Waals surface area contributed by atoms with Crippen LogP contribution >= 0.6 is 11.6 Å². The van der Waals surface area contributed by atoms with Crippen LogP contribution in [0.4, 0.5) is 5.82 Å². The van der Waals surface area contributed by atoms with Gasteiger partial charge in [-0.3, -0.25) is 0 Å². The van der Waals surface area contributed by atoms with Crippen molar-refractivity contribution in [2.75, 3.05) is 11.9 Å². The molecule has 0 bridgehead atoms. The number of nitrogens with zero attached hydrogens (tertiary/aromatic N) is 2. The second-order valence-electron chi connectivity index (χ2n) is 5.50. The standard InChI is InChI=1S/C18H16ClN3/c19-14-6-8-15(9-7-14)22-18-16(10-11-20-18)17(21-22)12-13-4-2-1-3-5-13/h1-9,20H,10-12H2. The minimum Gasteiger partial charge on any atom is -0.369 e. The smallest absolute Gasteiger partial charge is 0.133 e. The second-order valence-corrected chi connectivity index (χ2v) is 5.94. The van der Waals surface area contributed by atoms with Crippen LogP contribution in [0.2, 0.25) is 5.02 Å². The molecule has 1 N–H and O–H groups in total. The summed E-state index contributed by atoms with van der Waals surface area (Å²) in [4.78, 5) is 0. The highest BCUT2D eigenvalue weighted by atomic mass is 35.5. The highest BCUT2D eigenvalue weighted by Gasteiger charge is 2.22. The van der Waals surface area contributed by atoms with Crippen molar-refractivity contribution in [3.05, 3.63) is 76.4 Å². The van der Waals surface area contributed by atoms with Crippen LogP contribution in [0.1, 0.15) is 16.8 Å². The summed E-state index contributed by atoms with van der Waals surface area (Å²) >= 11 is 5.98. The van der Waals surface area contributed by atoms with Crippen molar-refractivity contribution in [2.45, 2.75) is 12.8 Å². The Labute approximate surface area is 134 Å². The van der Waals surface area contributed by atoms with Gasteiger partial charge in [0.2, 0.25) is 0 Å². The zero-order valence-corrected chi connectivity index (χ0v) is 12.8. The fourth-order valence-corrected chi connectivity index (χ4v) is 3.07. The molecule has 0 aliphatic carbocycles. The number of nitrogens with one attached hydrogen (secondary N) is 1. The van der Waals surface area contributed by atoms with E-state index in [1.54, 1.807) is 0 Å². The van der Waals surface area contributed by atoms with Gasteiger partial charge in [0.25, 0.3) is 0 Å². The van der Waals surface area contributed by atoms with Gasteiger partial charge in [0.05, 0.1) is 11.4 Å². The molecule has 110 valence electrons. The van der Waals surface area contributed by atoms with E-state index in [1.807, 2.05) is 35.0 Å². The Kier molecular flexibility index (Phi) is 3.35. The number of fused-ring (bicyclic) bond motifs is 1. The molecule has 1 aromatic heterocycles. The molecule has 1 aliphatic heterocycles. The van der Waals surface area contributed by atoms with Gasteiger partial charge in [-0.2, -0.15) is 5.10 Å². The zero-order chi connectivity index (χ0) is 14.9. The Morgan fingerprint density at radius 1 is 1.05 bits per heavy atom. The van der Waals surface area contributed by atoms with Crippen LogP contribution in [0.15, 0.2) is 54.6 Å². The Morgan fingerprint density at radius 3 is 2.59 bits per heavy atom. The van der Waals surface area contributed by atoms with Gasteiger partial charge in [-0.25, -0.2) is 4.68 Å². The lowest BCUT2D eigenvalue weighted by molar-refractivity contribution is 0.840. The van der Waals surface area contributed by atoms with E-state index in [0.29, 0.717) is 0 Å². The molecule has 2 aromatic carbocycles. The normalized spacial score (nSPS) is 13.0. The van der Waals surface area contributed by atoms with Gasteiger partial charge in [0.1, 0.15) is 5.82 Å². The molecule has 1 aliphatic rings. The zero-order valence-electron chi connectivity index (χ0n) is 12.1. The minimum atomic E-state index is 0.741. The van der Waals surface area contributed by atoms with Gasteiger partial charge in [-0.05, 0) is 36.2 Å². The summed E-state index contributed by atoms with van der Waals surface area (Å²) in [5, 5.41) is 9.03. The summed E-state index contributed by atoms with van der Waals surface area (Å²) < 4.78 is 2.00. The van der Waals surface area contributed by atoms with Crippen LogP contribution in [0, 0.1) is 0 Å². The average molecular weight is 310 g/mol. The summed E-state index contributed by atoms with van der Waals surface area (Å²) in [5.74, 6) is 1.12. The van der Waals surface area contributed by atoms with Crippen LogP contribution in [-0.2, 0) is 12.8 Å². The maximum Gasteiger partial charge on any atom is 0.133 e. The SMILES string of the molecule is Clc1ccc(-n2nc(Cc3ccccc3)c3c2NCC3)cc1. The summed E-state index contributed by atoms with van der Waals surface area (Å²) in [7, 11) is 0. The van der Waals surface area contributed by atoms with E-state index in [1.165, 1.54) is 11.1 Å². The van der Waals surface area contributed by atoms with Gasteiger partial charge in [-0.1, -0.05) is 41.9 Å². The number of rotatable bonds is 3. The van der Waals surface area contributed by atoms with Crippen molar-refractivity contribution >= 4 is 17.4 Å². The van der Waals surface area contributed by atoms with E-state index in [0.717, 1.165) is 41.6 Å². The highest BCUT2D eigenvalue weighted by molar-refractivity contribution is 6.30. The summed E-state index contributed by atoms with van der Waals surface area (Å²) in [5.41, 5.74) is 4.81. The maximum absolute atomic E-state index is 5.98. The van der Waals surface area contributed by atoms with E-state index >= 15 is 0 Å². The molecule has 0 unspecified atom stereocenters. The first-order chi connectivity index (χ1) is 10.8. The van der Waals surface area contributed by atoms with Crippen LogP contribution in [0.3, 0.4) is 0 Å². The molecule has 3 nitrogen and oxygen atoms in total. The van der Waals surface area contributed by atoms with Gasteiger partial charge < -0.3 is 5.32 Å². The second kappa shape index (κ2) is 5.50. The molecule has 3 aromatic rings. The van der Waals surface area contributed by atoms with E-state index in [9.17, 15) is 0 Å². The van der Waals surface area contributed by atoms with E-state index in [-0.39, 0.29) is 0 Å². The van der Waals surface area contributed by atoms with Crippen LogP contribution in [-0.4, -0.2) is 16.3 Å². The summed E-state index contributed by atoms with van der Waals surface area (Å²) in [6.45, 7) is 0.975. The summed E-state index contributed by atoms with van der Waals surface area (Å²) in [6.07, 6.45) is 1.90. The third kappa shape index (κ3) is 2.38. The highest BCUT2D eigenvalue weighted by Crippen LogP contribution is 2.30. The van der Waals surface area contributed by atoms with Gasteiger partial charge >= 0.3 is 0 Å². The largest absolute Gasteiger partial charge is 0.369 e. The van der Waals surface area contributed by atoms with Gasteiger partial charge in [0.15, 0.2) is 0 Å². The Hall–Kier alpha value is -2.26. The van der Waals surface area contributed by atoms with E-state index in [4.69, 9.17) is 16.7 Å². The molecule has 0 fully saturated rings. The van der Waals surface area contributed by atoms with Crippen molar-refractivity contribution in [3.63, 3.8) is 0 Å². The Balaban J connectivity index is 1.75. The van der Waals surface area contributed by atoms with Crippen molar-refractivity contribution in [3.8, 4) is 5.69 Å². The Bertz CT molecular complexity index is 791. The first-order valence-corrected chi connectivity index (χ1v) is 7.83. The third-order valence-electron chi connectivity index (χ3n) is 4.02. The molecule has 0 atom stereocenters. The van der Waals surface area contributed by atoms with E-state index < -0.39 is 0 Å². The number of aromatic nitrogens is 2. The minimum absolute atomic E-state index is 0.741. The first-order valence-electron chi connectivity index (χ1n) is 7.46. The van der Waals surface area contributed by atoms with Crippen LogP contribution in [0.25, 0.3) is 5.69 Å². The quantitative estimate of drug-likeness (QED) is 0.790. The average Bonchev–Trinajstić information content (AvgIpc) is 3.13. The van der Waals surface area contributed by atoms with Gasteiger partial charge in [-0.15, -0.1) is 0 Å². The van der Waals surface area contributed by atoms with E-state index in [2.05, 4.69) is 29.6 Å². The predicted molar refractivity (Wildman–Crippen MR) is 90.0 cm³/mol. The molecule has 22 heavy (non-hydrogen) atoms. The fraction of sp³-hybridized carbons (Fsp3) is 0.167. The van der Waals surface area contributed by atoms with Crippen LogP contribution in [0.5, 0.6) is 0 Å². The monoisotopic (exact) mass is 309 g/mol. The van der Waals surface area contributed by atoms with Crippen molar-refractivity contribution in [1.82, 2.24) is 9.78 Å². The lowest BCUT2D eigenvalue weighted by atomic mass is 10.1. The van der Waals surface area contributed by atoms with Crippen LogP contribution < -0.4 is 5.32 Å². The molecule has 0 saturated carbocycles. The number of benzene rings is 2. The molecular formula is C18H16ClN3. The molecule has 0 amide bonds. The number of hydrogen-bond donors (Lipinski definition) is 1. The Morgan fingerprint density at radius 2 is 1.82 bits per heavy atom.